The molecule has 0 spiro atoms. The van der Waals surface area contributed by atoms with Crippen LogP contribution >= 0.6 is 11.6 Å². The van der Waals surface area contributed by atoms with Gasteiger partial charge in [-0.3, -0.25) is 0 Å². The molecule has 2 N–H and O–H groups in total. The third-order valence-corrected chi connectivity index (χ3v) is 5.02. The highest BCUT2D eigenvalue weighted by atomic mass is 35.5. The second kappa shape index (κ2) is 6.82. The van der Waals surface area contributed by atoms with Crippen LogP contribution in [0, 0.1) is 5.92 Å². The normalized spacial score (nSPS) is 24.8. The van der Waals surface area contributed by atoms with Crippen molar-refractivity contribution in [2.24, 2.45) is 11.7 Å². The zero-order valence-electron chi connectivity index (χ0n) is 12.9. The number of benzene rings is 1. The summed E-state index contributed by atoms with van der Waals surface area (Å²) in [5.74, 6) is 0.730. The number of halogens is 1. The van der Waals surface area contributed by atoms with E-state index in [-0.39, 0.29) is 6.04 Å². The molecule has 1 aromatic rings. The van der Waals surface area contributed by atoms with Gasteiger partial charge in [0.15, 0.2) is 0 Å². The first-order valence-electron chi connectivity index (χ1n) is 7.83. The zero-order valence-corrected chi connectivity index (χ0v) is 13.7. The van der Waals surface area contributed by atoms with Gasteiger partial charge < -0.3 is 10.6 Å². The Morgan fingerprint density at radius 2 is 2.15 bits per heavy atom. The Kier molecular flexibility index (Phi) is 5.34. The molecule has 3 heteroatoms. The molecule has 2 nitrogen and oxygen atoms in total. The summed E-state index contributed by atoms with van der Waals surface area (Å²) in [4.78, 5) is 2.46. The van der Waals surface area contributed by atoms with Crippen LogP contribution in [-0.2, 0) is 6.42 Å². The van der Waals surface area contributed by atoms with Crippen LogP contribution in [0.5, 0.6) is 0 Å². The number of piperidine rings is 1. The highest BCUT2D eigenvalue weighted by Gasteiger charge is 2.26. The molecule has 3 unspecified atom stereocenters. The van der Waals surface area contributed by atoms with E-state index in [0.29, 0.717) is 6.04 Å². The molecule has 0 aromatic heterocycles. The van der Waals surface area contributed by atoms with Crippen molar-refractivity contribution in [3.05, 3.63) is 28.8 Å². The fourth-order valence-corrected chi connectivity index (χ4v) is 3.34. The third-order valence-electron chi connectivity index (χ3n) is 4.72. The lowest BCUT2D eigenvalue weighted by molar-refractivity contribution is 0.363. The lowest BCUT2D eigenvalue weighted by atomic mass is 9.91. The summed E-state index contributed by atoms with van der Waals surface area (Å²) in [7, 11) is 0. The molecule has 1 aliphatic rings. The summed E-state index contributed by atoms with van der Waals surface area (Å²) < 4.78 is 0. The van der Waals surface area contributed by atoms with Gasteiger partial charge in [-0.1, -0.05) is 31.5 Å². The number of nitrogens with two attached hydrogens (primary N) is 1. The van der Waals surface area contributed by atoms with Gasteiger partial charge in [0.05, 0.1) is 10.7 Å². The highest BCUT2D eigenvalue weighted by molar-refractivity contribution is 6.33. The Morgan fingerprint density at radius 3 is 2.80 bits per heavy atom. The Labute approximate surface area is 128 Å². The van der Waals surface area contributed by atoms with Crippen LogP contribution in [0.2, 0.25) is 5.02 Å². The molecule has 3 atom stereocenters. The molecule has 1 saturated heterocycles. The second-order valence-corrected chi connectivity index (χ2v) is 6.62. The van der Waals surface area contributed by atoms with Gasteiger partial charge in [-0.2, -0.15) is 0 Å². The fourth-order valence-electron chi connectivity index (χ4n) is 3.03. The monoisotopic (exact) mass is 294 g/mol. The zero-order chi connectivity index (χ0) is 14.7. The van der Waals surface area contributed by atoms with E-state index in [2.05, 4.69) is 43.9 Å². The predicted octanol–water partition coefficient (Wildman–Crippen LogP) is 4.24. The van der Waals surface area contributed by atoms with E-state index in [0.717, 1.165) is 30.3 Å². The van der Waals surface area contributed by atoms with E-state index in [1.54, 1.807) is 0 Å². The summed E-state index contributed by atoms with van der Waals surface area (Å²) in [5.41, 5.74) is 8.44. The van der Waals surface area contributed by atoms with Gasteiger partial charge in [0.1, 0.15) is 0 Å². The van der Waals surface area contributed by atoms with Crippen molar-refractivity contribution < 1.29 is 0 Å². The molecule has 1 aromatic carbocycles. The van der Waals surface area contributed by atoms with Crippen molar-refractivity contribution in [2.45, 2.75) is 58.5 Å². The molecule has 1 heterocycles. The SMILES string of the molecule is CCC(N)Cc1ccc(N2CCCC(C)C2C)c(Cl)c1. The number of rotatable bonds is 4. The topological polar surface area (TPSA) is 29.3 Å². The van der Waals surface area contributed by atoms with Crippen molar-refractivity contribution in [3.63, 3.8) is 0 Å². The largest absolute Gasteiger partial charge is 0.367 e. The van der Waals surface area contributed by atoms with Crippen molar-refractivity contribution in [1.29, 1.82) is 0 Å². The van der Waals surface area contributed by atoms with Crippen LogP contribution in [-0.4, -0.2) is 18.6 Å². The maximum Gasteiger partial charge on any atom is 0.0642 e. The lowest BCUT2D eigenvalue weighted by Gasteiger charge is -2.40. The molecule has 1 aliphatic heterocycles. The van der Waals surface area contributed by atoms with Crippen molar-refractivity contribution >= 4 is 17.3 Å². The van der Waals surface area contributed by atoms with E-state index < -0.39 is 0 Å². The maximum absolute atomic E-state index is 6.52. The molecule has 0 bridgehead atoms. The summed E-state index contributed by atoms with van der Waals surface area (Å²) in [5, 5.41) is 0.867. The van der Waals surface area contributed by atoms with Crippen molar-refractivity contribution in [2.75, 3.05) is 11.4 Å². The minimum Gasteiger partial charge on any atom is -0.367 e. The van der Waals surface area contributed by atoms with Gasteiger partial charge in [-0.25, -0.2) is 0 Å². The molecule has 2 rings (SSSR count). The van der Waals surface area contributed by atoms with Gasteiger partial charge in [0, 0.05) is 18.6 Å². The van der Waals surface area contributed by atoms with E-state index in [1.807, 2.05) is 0 Å². The van der Waals surface area contributed by atoms with Crippen LogP contribution in [0.3, 0.4) is 0 Å². The fraction of sp³-hybridized carbons (Fsp3) is 0.647. The van der Waals surface area contributed by atoms with Crippen LogP contribution in [0.15, 0.2) is 18.2 Å². The number of hydrogen-bond acceptors (Lipinski definition) is 2. The highest BCUT2D eigenvalue weighted by Crippen LogP contribution is 2.34. The molecule has 1 fully saturated rings. The van der Waals surface area contributed by atoms with Crippen LogP contribution in [0.25, 0.3) is 0 Å². The summed E-state index contributed by atoms with van der Waals surface area (Å²) in [6.07, 6.45) is 4.48. The molecule has 0 radical (unpaired) electrons. The maximum atomic E-state index is 6.52. The van der Waals surface area contributed by atoms with Crippen molar-refractivity contribution in [1.82, 2.24) is 0 Å². The standard InChI is InChI=1S/C17H27ClN2/c1-4-15(19)10-14-7-8-17(16(18)11-14)20-9-5-6-12(2)13(20)3/h7-8,11-13,15H,4-6,9-10,19H2,1-3H3. The summed E-state index contributed by atoms with van der Waals surface area (Å²) in [6.45, 7) is 7.87. The number of nitrogens with zero attached hydrogens (tertiary/aromatic N) is 1. The summed E-state index contributed by atoms with van der Waals surface area (Å²) >= 11 is 6.52. The van der Waals surface area contributed by atoms with E-state index in [9.17, 15) is 0 Å². The van der Waals surface area contributed by atoms with Gasteiger partial charge in [0.2, 0.25) is 0 Å². The molecule has 0 saturated carbocycles. The summed E-state index contributed by atoms with van der Waals surface area (Å²) in [6, 6.07) is 7.24. The predicted molar refractivity (Wildman–Crippen MR) is 88.6 cm³/mol. The first-order valence-corrected chi connectivity index (χ1v) is 8.21. The molecule has 0 aliphatic carbocycles. The number of anilines is 1. The first kappa shape index (κ1) is 15.7. The number of hydrogen-bond donors (Lipinski definition) is 1. The molecule has 0 amide bonds. The lowest BCUT2D eigenvalue weighted by Crippen LogP contribution is -2.42. The van der Waals surface area contributed by atoms with Gasteiger partial charge in [-0.15, -0.1) is 0 Å². The Balaban J connectivity index is 2.16. The Morgan fingerprint density at radius 1 is 1.40 bits per heavy atom. The van der Waals surface area contributed by atoms with E-state index in [4.69, 9.17) is 17.3 Å². The second-order valence-electron chi connectivity index (χ2n) is 6.21. The quantitative estimate of drug-likeness (QED) is 0.900. The van der Waals surface area contributed by atoms with Crippen LogP contribution < -0.4 is 10.6 Å². The molecule has 20 heavy (non-hydrogen) atoms. The smallest absolute Gasteiger partial charge is 0.0642 e. The first-order chi connectivity index (χ1) is 9.52. The Hall–Kier alpha value is -0.730. The van der Waals surface area contributed by atoms with Gasteiger partial charge in [-0.05, 0) is 56.2 Å². The molecular weight excluding hydrogens is 268 g/mol. The Bertz CT molecular complexity index is 447. The average molecular weight is 295 g/mol. The molecular formula is C17H27ClN2. The average Bonchev–Trinajstić information content (AvgIpc) is 2.42. The van der Waals surface area contributed by atoms with Crippen molar-refractivity contribution in [3.8, 4) is 0 Å². The van der Waals surface area contributed by atoms with Crippen LogP contribution in [0.4, 0.5) is 5.69 Å². The van der Waals surface area contributed by atoms with E-state index in [1.165, 1.54) is 24.1 Å². The molecule has 112 valence electrons. The third kappa shape index (κ3) is 3.48. The van der Waals surface area contributed by atoms with Gasteiger partial charge in [0.25, 0.3) is 0 Å². The van der Waals surface area contributed by atoms with Crippen LogP contribution in [0.1, 0.15) is 45.6 Å². The van der Waals surface area contributed by atoms with E-state index >= 15 is 0 Å². The minimum atomic E-state index is 0.228. The van der Waals surface area contributed by atoms with Gasteiger partial charge >= 0.3 is 0 Å². The minimum absolute atomic E-state index is 0.228.